The summed E-state index contributed by atoms with van der Waals surface area (Å²) in [5.74, 6) is -1.03. The fourth-order valence-corrected chi connectivity index (χ4v) is 1.80. The lowest BCUT2D eigenvalue weighted by atomic mass is 10.2. The number of aryl methyl sites for hydroxylation is 1. The smallest absolute Gasteiger partial charge is 0.337 e. The normalized spacial score (nSPS) is 13.8. The van der Waals surface area contributed by atoms with Gasteiger partial charge in [-0.3, -0.25) is 20.5 Å². The Morgan fingerprint density at radius 2 is 2.25 bits per heavy atom. The molecule has 0 aliphatic carbocycles. The molecule has 0 saturated heterocycles. The highest BCUT2D eigenvalue weighted by Gasteiger charge is 2.14. The Balaban J connectivity index is 2.19. The molecule has 1 aromatic carbocycles. The minimum absolute atomic E-state index is 0.0185. The molecular weight excluding hydrogens is 262 g/mol. The number of hydrogen-bond donors (Lipinski definition) is 2. The molecule has 0 atom stereocenters. The summed E-state index contributed by atoms with van der Waals surface area (Å²) >= 11 is 0. The summed E-state index contributed by atoms with van der Waals surface area (Å²) in [6.45, 7) is 2.13. The highest BCUT2D eigenvalue weighted by Crippen LogP contribution is 2.23. The number of nitrogens with zero attached hydrogens (tertiary/aromatic N) is 2. The van der Waals surface area contributed by atoms with Crippen molar-refractivity contribution >= 4 is 17.3 Å². The molecular formula is C13H13N3O4. The standard InChI is InChI=1S/C13H13N3O4/c1-9-4-5-11(7-12(9)16(19)20)14-15-6-2-3-10(8-15)13(17)18/h2-5,7-8,14H,6H2,1H3,(H,17,18). The van der Waals surface area contributed by atoms with Crippen molar-refractivity contribution in [2.45, 2.75) is 6.92 Å². The van der Waals surface area contributed by atoms with Gasteiger partial charge in [0, 0.05) is 17.8 Å². The number of carboxylic acids is 1. The zero-order valence-corrected chi connectivity index (χ0v) is 10.7. The van der Waals surface area contributed by atoms with E-state index in [2.05, 4.69) is 5.43 Å². The van der Waals surface area contributed by atoms with E-state index in [-0.39, 0.29) is 11.3 Å². The van der Waals surface area contributed by atoms with Crippen LogP contribution in [0.25, 0.3) is 0 Å². The zero-order chi connectivity index (χ0) is 14.7. The van der Waals surface area contributed by atoms with Gasteiger partial charge in [0.2, 0.25) is 0 Å². The number of rotatable bonds is 4. The Morgan fingerprint density at radius 1 is 1.50 bits per heavy atom. The molecule has 104 valence electrons. The molecule has 0 spiro atoms. The molecule has 2 rings (SSSR count). The maximum atomic E-state index is 10.9. The molecule has 1 aliphatic heterocycles. The van der Waals surface area contributed by atoms with Crippen molar-refractivity contribution in [1.82, 2.24) is 5.01 Å². The first kappa shape index (κ1) is 13.6. The molecule has 0 bridgehead atoms. The van der Waals surface area contributed by atoms with Gasteiger partial charge in [0.15, 0.2) is 0 Å². The molecule has 0 unspecified atom stereocenters. The first-order valence-corrected chi connectivity index (χ1v) is 5.87. The van der Waals surface area contributed by atoms with Crippen LogP contribution in [0.4, 0.5) is 11.4 Å². The number of aliphatic carboxylic acids is 1. The Labute approximate surface area is 114 Å². The molecule has 7 nitrogen and oxygen atoms in total. The number of hydrazine groups is 1. The van der Waals surface area contributed by atoms with Gasteiger partial charge in [-0.1, -0.05) is 12.1 Å². The zero-order valence-electron chi connectivity index (χ0n) is 10.7. The van der Waals surface area contributed by atoms with Crippen molar-refractivity contribution in [3.05, 3.63) is 57.8 Å². The fraction of sp³-hybridized carbons (Fsp3) is 0.154. The SMILES string of the molecule is Cc1ccc(NN2C=C(C(=O)O)C=CC2)cc1[N+](=O)[O-]. The molecule has 1 heterocycles. The summed E-state index contributed by atoms with van der Waals surface area (Å²) < 4.78 is 0. The highest BCUT2D eigenvalue weighted by atomic mass is 16.6. The summed E-state index contributed by atoms with van der Waals surface area (Å²) in [6.07, 6.45) is 4.64. The van der Waals surface area contributed by atoms with Crippen LogP contribution < -0.4 is 5.43 Å². The second-order valence-electron chi connectivity index (χ2n) is 4.31. The van der Waals surface area contributed by atoms with Crippen molar-refractivity contribution in [1.29, 1.82) is 0 Å². The van der Waals surface area contributed by atoms with E-state index in [0.29, 0.717) is 17.8 Å². The second kappa shape index (κ2) is 5.43. The van der Waals surface area contributed by atoms with Crippen LogP contribution in [0.15, 0.2) is 42.1 Å². The number of nitro groups is 1. The van der Waals surface area contributed by atoms with Crippen LogP contribution in [-0.4, -0.2) is 27.6 Å². The third kappa shape index (κ3) is 2.94. The first-order valence-electron chi connectivity index (χ1n) is 5.87. The van der Waals surface area contributed by atoms with E-state index in [1.54, 1.807) is 30.1 Å². The molecule has 0 radical (unpaired) electrons. The van der Waals surface area contributed by atoms with Gasteiger partial charge in [-0.15, -0.1) is 0 Å². The van der Waals surface area contributed by atoms with Crippen LogP contribution in [0.5, 0.6) is 0 Å². The van der Waals surface area contributed by atoms with Crippen molar-refractivity contribution < 1.29 is 14.8 Å². The minimum atomic E-state index is -1.03. The van der Waals surface area contributed by atoms with Crippen LogP contribution in [0.3, 0.4) is 0 Å². The van der Waals surface area contributed by atoms with E-state index in [1.807, 2.05) is 0 Å². The fourth-order valence-electron chi connectivity index (χ4n) is 1.80. The maximum absolute atomic E-state index is 10.9. The van der Waals surface area contributed by atoms with Gasteiger partial charge in [0.1, 0.15) is 0 Å². The average molecular weight is 275 g/mol. The van der Waals surface area contributed by atoms with Gasteiger partial charge in [0.05, 0.1) is 22.7 Å². The number of anilines is 1. The van der Waals surface area contributed by atoms with Crippen LogP contribution in [-0.2, 0) is 4.79 Å². The third-order valence-corrected chi connectivity index (χ3v) is 2.82. The molecule has 0 saturated carbocycles. The Bertz CT molecular complexity index is 622. The number of nitrogens with one attached hydrogen (secondary N) is 1. The lowest BCUT2D eigenvalue weighted by molar-refractivity contribution is -0.385. The predicted octanol–water partition coefficient (Wildman–Crippen LogP) is 2.07. The molecule has 0 amide bonds. The van der Waals surface area contributed by atoms with Crippen molar-refractivity contribution in [2.24, 2.45) is 0 Å². The van der Waals surface area contributed by atoms with E-state index >= 15 is 0 Å². The van der Waals surface area contributed by atoms with Crippen molar-refractivity contribution in [3.8, 4) is 0 Å². The molecule has 1 aromatic rings. The Morgan fingerprint density at radius 3 is 2.90 bits per heavy atom. The number of carbonyl (C=O) groups is 1. The molecule has 1 aliphatic rings. The van der Waals surface area contributed by atoms with Gasteiger partial charge in [-0.05, 0) is 19.1 Å². The number of nitro benzene ring substituents is 1. The Hall–Kier alpha value is -2.83. The van der Waals surface area contributed by atoms with Crippen molar-refractivity contribution in [2.75, 3.05) is 12.0 Å². The first-order chi connectivity index (χ1) is 9.47. The quantitative estimate of drug-likeness (QED) is 0.645. The van der Waals surface area contributed by atoms with E-state index in [9.17, 15) is 14.9 Å². The van der Waals surface area contributed by atoms with E-state index in [4.69, 9.17) is 5.11 Å². The van der Waals surface area contributed by atoms with Gasteiger partial charge in [-0.25, -0.2) is 4.79 Å². The van der Waals surface area contributed by atoms with Crippen LogP contribution in [0.1, 0.15) is 5.56 Å². The molecule has 20 heavy (non-hydrogen) atoms. The minimum Gasteiger partial charge on any atom is -0.478 e. The van der Waals surface area contributed by atoms with Crippen LogP contribution in [0.2, 0.25) is 0 Å². The van der Waals surface area contributed by atoms with Gasteiger partial charge in [0.25, 0.3) is 5.69 Å². The molecule has 7 heteroatoms. The van der Waals surface area contributed by atoms with Crippen LogP contribution >= 0.6 is 0 Å². The maximum Gasteiger partial charge on any atom is 0.337 e. The van der Waals surface area contributed by atoms with Gasteiger partial charge >= 0.3 is 5.97 Å². The monoisotopic (exact) mass is 275 g/mol. The topological polar surface area (TPSA) is 95.7 Å². The van der Waals surface area contributed by atoms with Crippen molar-refractivity contribution in [3.63, 3.8) is 0 Å². The van der Waals surface area contributed by atoms with Crippen LogP contribution in [0, 0.1) is 17.0 Å². The summed E-state index contributed by atoms with van der Waals surface area (Å²) in [5, 5.41) is 21.3. The van der Waals surface area contributed by atoms with E-state index < -0.39 is 10.9 Å². The lowest BCUT2D eigenvalue weighted by Crippen LogP contribution is -2.27. The summed E-state index contributed by atoms with van der Waals surface area (Å²) in [5.41, 5.74) is 4.19. The number of carboxylic acid groups (broad SMARTS) is 1. The van der Waals surface area contributed by atoms with Gasteiger partial charge in [-0.2, -0.15) is 0 Å². The second-order valence-corrected chi connectivity index (χ2v) is 4.31. The highest BCUT2D eigenvalue weighted by molar-refractivity contribution is 5.89. The largest absolute Gasteiger partial charge is 0.478 e. The predicted molar refractivity (Wildman–Crippen MR) is 73.0 cm³/mol. The third-order valence-electron chi connectivity index (χ3n) is 2.82. The average Bonchev–Trinajstić information content (AvgIpc) is 2.41. The summed E-state index contributed by atoms with van der Waals surface area (Å²) in [4.78, 5) is 21.3. The molecule has 0 aromatic heterocycles. The Kier molecular flexibility index (Phi) is 3.69. The molecule has 0 fully saturated rings. The lowest BCUT2D eigenvalue weighted by Gasteiger charge is -2.24. The number of hydrogen-bond acceptors (Lipinski definition) is 5. The van der Waals surface area contributed by atoms with E-state index in [0.717, 1.165) is 0 Å². The molecule has 2 N–H and O–H groups in total. The summed E-state index contributed by atoms with van der Waals surface area (Å²) in [7, 11) is 0. The van der Waals surface area contributed by atoms with E-state index in [1.165, 1.54) is 18.3 Å². The summed E-state index contributed by atoms with van der Waals surface area (Å²) in [6, 6.07) is 4.76. The number of benzene rings is 1. The van der Waals surface area contributed by atoms with Gasteiger partial charge < -0.3 is 5.11 Å².